The molecule has 7 heteroatoms. The summed E-state index contributed by atoms with van der Waals surface area (Å²) in [5.74, 6) is -0.298. The van der Waals surface area contributed by atoms with Gasteiger partial charge < -0.3 is 10.2 Å². The molecule has 1 saturated heterocycles. The highest BCUT2D eigenvalue weighted by molar-refractivity contribution is 7.93. The minimum atomic E-state index is -3.82. The van der Waals surface area contributed by atoms with Gasteiger partial charge in [-0.05, 0) is 56.7 Å². The SMILES string of the molecule is Cc1ccc(C)c(S(=O)(=O)C2(C(=O)NCCN3CCCCCC3=O)CCCC2)c1. The lowest BCUT2D eigenvalue weighted by Crippen LogP contribution is -2.52. The standard InChI is InChI=1S/C22H32N2O4S/c1-17-9-10-18(2)19(16-17)29(27,28)22(11-5-6-12-22)21(26)23-13-15-24-14-7-3-4-8-20(24)25/h9-10,16H,3-8,11-15H2,1-2H3,(H,23,26). The van der Waals surface area contributed by atoms with Gasteiger partial charge >= 0.3 is 0 Å². The Morgan fingerprint density at radius 2 is 1.83 bits per heavy atom. The van der Waals surface area contributed by atoms with Crippen molar-refractivity contribution < 1.29 is 18.0 Å². The average molecular weight is 421 g/mol. The summed E-state index contributed by atoms with van der Waals surface area (Å²) in [7, 11) is -3.82. The van der Waals surface area contributed by atoms with Crippen LogP contribution in [0.4, 0.5) is 0 Å². The Labute approximate surface area is 174 Å². The van der Waals surface area contributed by atoms with E-state index in [0.29, 0.717) is 37.9 Å². The molecule has 0 aromatic heterocycles. The highest BCUT2D eigenvalue weighted by atomic mass is 32.2. The zero-order valence-electron chi connectivity index (χ0n) is 17.5. The molecule has 0 atom stereocenters. The van der Waals surface area contributed by atoms with Crippen molar-refractivity contribution in [3.63, 3.8) is 0 Å². The molecule has 2 fully saturated rings. The molecule has 160 valence electrons. The van der Waals surface area contributed by atoms with Crippen molar-refractivity contribution in [1.82, 2.24) is 10.2 Å². The third-order valence-electron chi connectivity index (χ3n) is 6.31. The van der Waals surface area contributed by atoms with Crippen LogP contribution in [-0.2, 0) is 19.4 Å². The molecule has 1 heterocycles. The summed E-state index contributed by atoms with van der Waals surface area (Å²) in [6.07, 6.45) is 5.63. The Bertz CT molecular complexity index is 873. The molecular weight excluding hydrogens is 388 g/mol. The van der Waals surface area contributed by atoms with E-state index in [1.54, 1.807) is 24.0 Å². The first kappa shape index (κ1) is 21.8. The second-order valence-electron chi connectivity index (χ2n) is 8.42. The molecular formula is C22H32N2O4S. The smallest absolute Gasteiger partial charge is 0.241 e. The summed E-state index contributed by atoms with van der Waals surface area (Å²) >= 11 is 0. The predicted octanol–water partition coefficient (Wildman–Crippen LogP) is 2.91. The maximum atomic E-state index is 13.6. The van der Waals surface area contributed by atoms with E-state index in [0.717, 1.165) is 37.7 Å². The lowest BCUT2D eigenvalue weighted by Gasteiger charge is -2.29. The van der Waals surface area contributed by atoms with Gasteiger partial charge in [0, 0.05) is 26.1 Å². The van der Waals surface area contributed by atoms with Crippen LogP contribution in [0.25, 0.3) is 0 Å². The number of sulfone groups is 1. The number of hydrogen-bond acceptors (Lipinski definition) is 4. The van der Waals surface area contributed by atoms with Gasteiger partial charge in [-0.15, -0.1) is 0 Å². The molecule has 1 aliphatic carbocycles. The van der Waals surface area contributed by atoms with Gasteiger partial charge in [-0.3, -0.25) is 9.59 Å². The van der Waals surface area contributed by atoms with Crippen LogP contribution < -0.4 is 5.32 Å². The Balaban J connectivity index is 1.76. The molecule has 3 rings (SSSR count). The zero-order chi connectivity index (χ0) is 21.1. The third kappa shape index (κ3) is 4.34. The summed E-state index contributed by atoms with van der Waals surface area (Å²) in [4.78, 5) is 27.4. The van der Waals surface area contributed by atoms with E-state index >= 15 is 0 Å². The fourth-order valence-electron chi connectivity index (χ4n) is 4.51. The number of aryl methyl sites for hydroxylation is 2. The number of likely N-dealkylation sites (tertiary alicyclic amines) is 1. The van der Waals surface area contributed by atoms with Crippen molar-refractivity contribution in [3.8, 4) is 0 Å². The monoisotopic (exact) mass is 420 g/mol. The normalized spacial score (nSPS) is 19.8. The maximum absolute atomic E-state index is 13.6. The summed E-state index contributed by atoms with van der Waals surface area (Å²) < 4.78 is 25.8. The molecule has 1 aromatic carbocycles. The van der Waals surface area contributed by atoms with Crippen molar-refractivity contribution in [2.24, 2.45) is 0 Å². The molecule has 6 nitrogen and oxygen atoms in total. The topological polar surface area (TPSA) is 83.6 Å². The first-order valence-corrected chi connectivity index (χ1v) is 12.1. The third-order valence-corrected chi connectivity index (χ3v) is 8.95. The van der Waals surface area contributed by atoms with Crippen molar-refractivity contribution in [1.29, 1.82) is 0 Å². The molecule has 1 N–H and O–H groups in total. The lowest BCUT2D eigenvalue weighted by molar-refractivity contribution is -0.131. The van der Waals surface area contributed by atoms with Crippen molar-refractivity contribution in [3.05, 3.63) is 29.3 Å². The zero-order valence-corrected chi connectivity index (χ0v) is 18.3. The van der Waals surface area contributed by atoms with Gasteiger partial charge in [-0.1, -0.05) is 31.4 Å². The lowest BCUT2D eigenvalue weighted by atomic mass is 10.1. The molecule has 0 spiro atoms. The predicted molar refractivity (Wildman–Crippen MR) is 112 cm³/mol. The largest absolute Gasteiger partial charge is 0.353 e. The highest BCUT2D eigenvalue weighted by Crippen LogP contribution is 2.41. The van der Waals surface area contributed by atoms with Crippen LogP contribution in [0.5, 0.6) is 0 Å². The highest BCUT2D eigenvalue weighted by Gasteiger charge is 2.53. The Morgan fingerprint density at radius 1 is 1.10 bits per heavy atom. The molecule has 2 aliphatic rings. The summed E-state index contributed by atoms with van der Waals surface area (Å²) in [5.41, 5.74) is 1.53. The number of carbonyl (C=O) groups is 2. The number of nitrogens with one attached hydrogen (secondary N) is 1. The van der Waals surface area contributed by atoms with Crippen LogP contribution >= 0.6 is 0 Å². The van der Waals surface area contributed by atoms with Crippen LogP contribution in [0.1, 0.15) is 62.5 Å². The minimum Gasteiger partial charge on any atom is -0.353 e. The molecule has 0 unspecified atom stereocenters. The van der Waals surface area contributed by atoms with Gasteiger partial charge in [0.1, 0.15) is 0 Å². The molecule has 29 heavy (non-hydrogen) atoms. The van der Waals surface area contributed by atoms with E-state index in [1.165, 1.54) is 0 Å². The van der Waals surface area contributed by atoms with Crippen molar-refractivity contribution in [2.75, 3.05) is 19.6 Å². The summed E-state index contributed by atoms with van der Waals surface area (Å²) in [6, 6.07) is 5.36. The number of rotatable bonds is 6. The van der Waals surface area contributed by atoms with Crippen molar-refractivity contribution >= 4 is 21.7 Å². The molecule has 1 aliphatic heterocycles. The number of amides is 2. The van der Waals surface area contributed by atoms with E-state index in [1.807, 2.05) is 13.0 Å². The Hall–Kier alpha value is -1.89. The Morgan fingerprint density at radius 3 is 2.55 bits per heavy atom. The Kier molecular flexibility index (Phi) is 6.66. The van der Waals surface area contributed by atoms with E-state index < -0.39 is 20.5 Å². The van der Waals surface area contributed by atoms with Gasteiger partial charge in [0.25, 0.3) is 0 Å². The molecule has 1 aromatic rings. The number of carbonyl (C=O) groups excluding carboxylic acids is 2. The second kappa shape index (κ2) is 8.86. The van der Waals surface area contributed by atoms with Gasteiger partial charge in [-0.2, -0.15) is 0 Å². The average Bonchev–Trinajstić information content (AvgIpc) is 3.11. The molecule has 2 amide bonds. The quantitative estimate of drug-likeness (QED) is 0.767. The summed E-state index contributed by atoms with van der Waals surface area (Å²) in [5, 5.41) is 2.85. The fraction of sp³-hybridized carbons (Fsp3) is 0.636. The van der Waals surface area contributed by atoms with Crippen molar-refractivity contribution in [2.45, 2.75) is 74.9 Å². The van der Waals surface area contributed by atoms with E-state index in [2.05, 4.69) is 5.32 Å². The van der Waals surface area contributed by atoms with E-state index in [4.69, 9.17) is 0 Å². The second-order valence-corrected chi connectivity index (χ2v) is 10.6. The van der Waals surface area contributed by atoms with Gasteiger partial charge in [0.05, 0.1) is 4.90 Å². The van der Waals surface area contributed by atoms with Gasteiger partial charge in [-0.25, -0.2) is 8.42 Å². The molecule has 0 bridgehead atoms. The minimum absolute atomic E-state index is 0.121. The van der Waals surface area contributed by atoms with Gasteiger partial charge in [0.2, 0.25) is 11.8 Å². The van der Waals surface area contributed by atoms with Crippen LogP contribution in [0, 0.1) is 13.8 Å². The van der Waals surface area contributed by atoms with Crippen LogP contribution in [0.3, 0.4) is 0 Å². The fourth-order valence-corrected chi connectivity index (χ4v) is 6.91. The number of benzene rings is 1. The van der Waals surface area contributed by atoms with Gasteiger partial charge in [0.15, 0.2) is 14.6 Å². The van der Waals surface area contributed by atoms with Crippen LogP contribution in [-0.4, -0.2) is 49.5 Å². The number of hydrogen-bond donors (Lipinski definition) is 1. The van der Waals surface area contributed by atoms with Crippen LogP contribution in [0.15, 0.2) is 23.1 Å². The molecule has 1 saturated carbocycles. The summed E-state index contributed by atoms with van der Waals surface area (Å²) in [6.45, 7) is 5.06. The first-order chi connectivity index (χ1) is 13.8. The van der Waals surface area contributed by atoms with Crippen LogP contribution in [0.2, 0.25) is 0 Å². The molecule has 0 radical (unpaired) electrons. The van der Waals surface area contributed by atoms with E-state index in [-0.39, 0.29) is 17.3 Å². The first-order valence-electron chi connectivity index (χ1n) is 10.7. The van der Waals surface area contributed by atoms with E-state index in [9.17, 15) is 18.0 Å². The maximum Gasteiger partial charge on any atom is 0.241 e. The number of nitrogens with zero attached hydrogens (tertiary/aromatic N) is 1.